The topological polar surface area (TPSA) is 95.3 Å². The molecule has 2 aromatic rings. The molecular weight excluding hydrogens is 294 g/mol. The van der Waals surface area contributed by atoms with E-state index in [1.165, 1.54) is 16.4 Å². The molecule has 0 saturated carbocycles. The van der Waals surface area contributed by atoms with E-state index in [9.17, 15) is 13.2 Å². The Kier molecular flexibility index (Phi) is 3.60. The summed E-state index contributed by atoms with van der Waals surface area (Å²) in [5, 5.41) is 0. The number of nitrogens with zero attached hydrogens (tertiary/aromatic N) is 1. The molecule has 1 aromatic heterocycles. The van der Waals surface area contributed by atoms with Crippen LogP contribution in [0.2, 0.25) is 0 Å². The average Bonchev–Trinajstić information content (AvgIpc) is 2.65. The summed E-state index contributed by atoms with van der Waals surface area (Å²) in [5.74, 6) is 0.151. The van der Waals surface area contributed by atoms with E-state index in [-0.39, 0.29) is 16.5 Å². The first kappa shape index (κ1) is 14.3. The van der Waals surface area contributed by atoms with Crippen LogP contribution >= 0.6 is 0 Å². The summed E-state index contributed by atoms with van der Waals surface area (Å²) in [6, 6.07) is 4.59. The van der Waals surface area contributed by atoms with E-state index in [0.29, 0.717) is 37.3 Å². The number of imidazole rings is 1. The monoisotopic (exact) mass is 311 g/mol. The quantitative estimate of drug-likeness (QED) is 0.845. The van der Waals surface area contributed by atoms with Gasteiger partial charge in [-0.05, 0) is 24.1 Å². The fraction of sp³-hybridized carbons (Fsp3) is 0.462. The Morgan fingerprint density at radius 3 is 2.86 bits per heavy atom. The predicted octanol–water partition coefficient (Wildman–Crippen LogP) is 0.513. The lowest BCUT2D eigenvalue weighted by Crippen LogP contribution is -2.35. The molecule has 0 radical (unpaired) electrons. The molecule has 0 aliphatic carbocycles. The zero-order chi connectivity index (χ0) is 15.0. The van der Waals surface area contributed by atoms with Gasteiger partial charge in [0.2, 0.25) is 10.0 Å². The lowest BCUT2D eigenvalue weighted by Gasteiger charge is -2.21. The second-order valence-corrected chi connectivity index (χ2v) is 7.27. The molecule has 1 saturated heterocycles. The number of benzene rings is 1. The largest absolute Gasteiger partial charge is 0.380 e. The van der Waals surface area contributed by atoms with Gasteiger partial charge >= 0.3 is 5.69 Å². The molecule has 1 aliphatic heterocycles. The number of nitrogens with one attached hydrogen (secondary N) is 2. The Morgan fingerprint density at radius 2 is 2.05 bits per heavy atom. The van der Waals surface area contributed by atoms with Gasteiger partial charge in [-0.3, -0.25) is 0 Å². The minimum Gasteiger partial charge on any atom is -0.380 e. The van der Waals surface area contributed by atoms with Crippen molar-refractivity contribution in [3.05, 3.63) is 28.7 Å². The number of hydrogen-bond donors (Lipinski definition) is 2. The molecule has 7 nitrogen and oxygen atoms in total. The molecular formula is C13H17N3O4S. The smallest absolute Gasteiger partial charge is 0.323 e. The van der Waals surface area contributed by atoms with E-state index in [0.717, 1.165) is 0 Å². The highest BCUT2D eigenvalue weighted by Crippen LogP contribution is 2.21. The van der Waals surface area contributed by atoms with Crippen LogP contribution in [0.25, 0.3) is 11.0 Å². The van der Waals surface area contributed by atoms with Crippen molar-refractivity contribution in [3.63, 3.8) is 0 Å². The molecule has 1 fully saturated rings. The molecule has 1 aliphatic rings. The van der Waals surface area contributed by atoms with Crippen LogP contribution in [0.5, 0.6) is 0 Å². The van der Waals surface area contributed by atoms with Crippen molar-refractivity contribution in [3.8, 4) is 0 Å². The number of ether oxygens (including phenoxy) is 1. The zero-order valence-electron chi connectivity index (χ0n) is 11.6. The number of fused-ring (bicyclic) bond motifs is 1. The fourth-order valence-corrected chi connectivity index (χ4v) is 4.05. The third-order valence-electron chi connectivity index (χ3n) is 3.53. The van der Waals surface area contributed by atoms with Crippen LogP contribution < -0.4 is 5.69 Å². The van der Waals surface area contributed by atoms with Crippen molar-refractivity contribution in [1.82, 2.24) is 14.3 Å². The Hall–Kier alpha value is -1.64. The minimum atomic E-state index is -3.58. The zero-order valence-corrected chi connectivity index (χ0v) is 12.4. The Morgan fingerprint density at radius 1 is 1.29 bits per heavy atom. The molecule has 2 heterocycles. The molecule has 0 amide bonds. The van der Waals surface area contributed by atoms with Crippen LogP contribution in [0, 0.1) is 5.92 Å². The molecule has 8 heteroatoms. The van der Waals surface area contributed by atoms with Crippen molar-refractivity contribution in [2.75, 3.05) is 26.3 Å². The average molecular weight is 311 g/mol. The first-order valence-electron chi connectivity index (χ1n) is 6.77. The molecule has 1 aromatic carbocycles. The summed E-state index contributed by atoms with van der Waals surface area (Å²) in [7, 11) is -3.58. The van der Waals surface area contributed by atoms with E-state index in [1.807, 2.05) is 6.92 Å². The minimum absolute atomic E-state index is 0.151. The van der Waals surface area contributed by atoms with Gasteiger partial charge in [-0.15, -0.1) is 0 Å². The van der Waals surface area contributed by atoms with Gasteiger partial charge in [-0.1, -0.05) is 6.92 Å². The van der Waals surface area contributed by atoms with Gasteiger partial charge in [-0.25, -0.2) is 13.2 Å². The number of aromatic nitrogens is 2. The Labute approximate surface area is 122 Å². The number of hydrogen-bond acceptors (Lipinski definition) is 4. The van der Waals surface area contributed by atoms with Gasteiger partial charge in [0.15, 0.2) is 0 Å². The summed E-state index contributed by atoms with van der Waals surface area (Å²) in [5.41, 5.74) is 0.725. The van der Waals surface area contributed by atoms with E-state index in [2.05, 4.69) is 9.97 Å². The van der Waals surface area contributed by atoms with E-state index in [1.54, 1.807) is 6.07 Å². The fourth-order valence-electron chi connectivity index (χ4n) is 2.48. The molecule has 2 N–H and O–H groups in total. The Bertz CT molecular complexity index is 808. The van der Waals surface area contributed by atoms with Crippen molar-refractivity contribution < 1.29 is 13.2 Å². The molecule has 0 spiro atoms. The molecule has 114 valence electrons. The summed E-state index contributed by atoms with van der Waals surface area (Å²) < 4.78 is 32.2. The maximum Gasteiger partial charge on any atom is 0.323 e. The van der Waals surface area contributed by atoms with Crippen molar-refractivity contribution in [1.29, 1.82) is 0 Å². The third-order valence-corrected chi connectivity index (χ3v) is 5.39. The van der Waals surface area contributed by atoms with Crippen LogP contribution in [-0.2, 0) is 14.8 Å². The molecule has 1 unspecified atom stereocenters. The van der Waals surface area contributed by atoms with E-state index < -0.39 is 10.0 Å². The standard InChI is InChI=1S/C13H17N3O4S/c1-9-7-16(4-5-20-8-9)21(18,19)10-2-3-11-12(6-10)15-13(17)14-11/h2-3,6,9H,4-5,7-8H2,1H3,(H2,14,15,17). The summed E-state index contributed by atoms with van der Waals surface area (Å²) in [6.07, 6.45) is 0. The maximum atomic E-state index is 12.7. The number of sulfonamides is 1. The van der Waals surface area contributed by atoms with Crippen LogP contribution in [0.4, 0.5) is 0 Å². The van der Waals surface area contributed by atoms with Gasteiger partial charge in [0.1, 0.15) is 0 Å². The second kappa shape index (κ2) is 5.28. The number of aromatic amines is 2. The first-order chi connectivity index (χ1) is 9.96. The van der Waals surface area contributed by atoms with Gasteiger partial charge < -0.3 is 14.7 Å². The van der Waals surface area contributed by atoms with Crippen molar-refractivity contribution >= 4 is 21.1 Å². The number of H-pyrrole nitrogens is 2. The molecule has 3 rings (SSSR count). The predicted molar refractivity (Wildman–Crippen MR) is 77.7 cm³/mol. The molecule has 0 bridgehead atoms. The van der Waals surface area contributed by atoms with Gasteiger partial charge in [0, 0.05) is 13.1 Å². The van der Waals surface area contributed by atoms with E-state index in [4.69, 9.17) is 4.74 Å². The first-order valence-corrected chi connectivity index (χ1v) is 8.21. The van der Waals surface area contributed by atoms with Crippen LogP contribution in [0.1, 0.15) is 6.92 Å². The lowest BCUT2D eigenvalue weighted by molar-refractivity contribution is 0.128. The molecule has 21 heavy (non-hydrogen) atoms. The van der Waals surface area contributed by atoms with Crippen LogP contribution in [-0.4, -0.2) is 49.0 Å². The van der Waals surface area contributed by atoms with Crippen LogP contribution in [0.3, 0.4) is 0 Å². The Balaban J connectivity index is 2.00. The van der Waals surface area contributed by atoms with Crippen molar-refractivity contribution in [2.45, 2.75) is 11.8 Å². The SMILES string of the molecule is CC1COCCN(S(=O)(=O)c2ccc3[nH]c(=O)[nH]c3c2)C1. The third kappa shape index (κ3) is 2.74. The summed E-state index contributed by atoms with van der Waals surface area (Å²) >= 11 is 0. The highest BCUT2D eigenvalue weighted by atomic mass is 32.2. The van der Waals surface area contributed by atoms with Crippen molar-refractivity contribution in [2.24, 2.45) is 5.92 Å². The lowest BCUT2D eigenvalue weighted by atomic mass is 10.2. The summed E-state index contributed by atoms with van der Waals surface area (Å²) in [6.45, 7) is 3.70. The second-order valence-electron chi connectivity index (χ2n) is 5.33. The van der Waals surface area contributed by atoms with Gasteiger partial charge in [-0.2, -0.15) is 4.31 Å². The maximum absolute atomic E-state index is 12.7. The van der Waals surface area contributed by atoms with Gasteiger partial charge in [0.25, 0.3) is 0 Å². The van der Waals surface area contributed by atoms with E-state index >= 15 is 0 Å². The highest BCUT2D eigenvalue weighted by molar-refractivity contribution is 7.89. The highest BCUT2D eigenvalue weighted by Gasteiger charge is 2.28. The normalized spacial score (nSPS) is 21.5. The molecule has 1 atom stereocenters. The summed E-state index contributed by atoms with van der Waals surface area (Å²) in [4.78, 5) is 16.6. The number of rotatable bonds is 2. The van der Waals surface area contributed by atoms with Crippen LogP contribution in [0.15, 0.2) is 27.9 Å². The van der Waals surface area contributed by atoms with Gasteiger partial charge in [0.05, 0.1) is 29.1 Å².